The van der Waals surface area contributed by atoms with Crippen LogP contribution in [0.1, 0.15) is 18.5 Å². The summed E-state index contributed by atoms with van der Waals surface area (Å²) >= 11 is 0. The summed E-state index contributed by atoms with van der Waals surface area (Å²) in [5.41, 5.74) is -1.53. The Kier molecular flexibility index (Phi) is 6.15. The van der Waals surface area contributed by atoms with Gasteiger partial charge < -0.3 is 4.74 Å². The van der Waals surface area contributed by atoms with Gasteiger partial charge in [0.05, 0.1) is 0 Å². The van der Waals surface area contributed by atoms with E-state index in [1.165, 1.54) is 0 Å². The average molecular weight is 381 g/mol. The molecule has 0 N–H and O–H groups in total. The second kappa shape index (κ2) is 8.56. The molecule has 0 radical (unpaired) electrons. The van der Waals surface area contributed by atoms with Gasteiger partial charge in [0.15, 0.2) is 5.69 Å². The van der Waals surface area contributed by atoms with Crippen LogP contribution >= 0.6 is 0 Å². The largest absolute Gasteiger partial charge is 0.492 e. The molecule has 3 rings (SSSR count). The van der Waals surface area contributed by atoms with E-state index in [-0.39, 0.29) is 12.5 Å². The molecule has 27 heavy (non-hydrogen) atoms. The van der Waals surface area contributed by atoms with Crippen molar-refractivity contribution in [1.82, 2.24) is 14.7 Å². The van der Waals surface area contributed by atoms with Gasteiger partial charge in [-0.2, -0.15) is 18.3 Å². The number of aromatic nitrogens is 2. The number of nitrogens with zero attached hydrogens (tertiary/aromatic N) is 3. The Morgan fingerprint density at radius 2 is 1.78 bits per heavy atom. The number of rotatable bonds is 6. The van der Waals surface area contributed by atoms with E-state index in [1.807, 2.05) is 30.3 Å². The minimum absolute atomic E-state index is 0.143. The Bertz CT molecular complexity index is 785. The molecule has 1 aromatic carbocycles. The van der Waals surface area contributed by atoms with Crippen LogP contribution in [0.15, 0.2) is 47.3 Å². The van der Waals surface area contributed by atoms with Gasteiger partial charge in [0, 0.05) is 19.2 Å². The van der Waals surface area contributed by atoms with Gasteiger partial charge in [0.25, 0.3) is 5.56 Å². The molecular weight excluding hydrogens is 359 g/mol. The molecule has 5 nitrogen and oxygen atoms in total. The van der Waals surface area contributed by atoms with Gasteiger partial charge in [0.1, 0.15) is 12.4 Å². The Morgan fingerprint density at radius 1 is 1.07 bits per heavy atom. The van der Waals surface area contributed by atoms with Crippen molar-refractivity contribution in [3.8, 4) is 5.75 Å². The van der Waals surface area contributed by atoms with Gasteiger partial charge >= 0.3 is 6.18 Å². The van der Waals surface area contributed by atoms with Gasteiger partial charge in [-0.1, -0.05) is 18.2 Å². The van der Waals surface area contributed by atoms with Gasteiger partial charge in [-0.15, -0.1) is 0 Å². The topological polar surface area (TPSA) is 47.4 Å². The molecule has 1 fully saturated rings. The van der Waals surface area contributed by atoms with Crippen molar-refractivity contribution in [2.24, 2.45) is 5.92 Å². The van der Waals surface area contributed by atoms with E-state index in [2.05, 4.69) is 10.00 Å². The van der Waals surface area contributed by atoms with Crippen LogP contribution in [0.25, 0.3) is 0 Å². The molecular formula is C19H22F3N3O2. The van der Waals surface area contributed by atoms with Crippen molar-refractivity contribution in [1.29, 1.82) is 0 Å². The highest BCUT2D eigenvalue weighted by Gasteiger charge is 2.33. The predicted molar refractivity (Wildman–Crippen MR) is 94.6 cm³/mol. The summed E-state index contributed by atoms with van der Waals surface area (Å²) in [6.45, 7) is 3.26. The smallest absolute Gasteiger partial charge is 0.435 e. The number of hydrogen-bond acceptors (Lipinski definition) is 4. The molecule has 1 aliphatic rings. The summed E-state index contributed by atoms with van der Waals surface area (Å²) in [4.78, 5) is 14.1. The highest BCUT2D eigenvalue weighted by Crippen LogP contribution is 2.26. The minimum Gasteiger partial charge on any atom is -0.492 e. The Balaban J connectivity index is 1.46. The van der Waals surface area contributed by atoms with Crippen molar-refractivity contribution in [3.63, 3.8) is 0 Å². The summed E-state index contributed by atoms with van der Waals surface area (Å²) in [7, 11) is 0. The zero-order valence-corrected chi connectivity index (χ0v) is 14.9. The summed E-state index contributed by atoms with van der Waals surface area (Å²) in [6.07, 6.45) is -2.91. The first kappa shape index (κ1) is 19.4. The monoisotopic (exact) mass is 381 g/mol. The molecule has 0 aliphatic carbocycles. The van der Waals surface area contributed by atoms with Gasteiger partial charge in [-0.3, -0.25) is 9.69 Å². The fourth-order valence-electron chi connectivity index (χ4n) is 3.18. The molecule has 1 aliphatic heterocycles. The first-order valence-electron chi connectivity index (χ1n) is 8.97. The predicted octanol–water partition coefficient (Wildman–Crippen LogP) is 3.05. The second-order valence-corrected chi connectivity index (χ2v) is 6.68. The first-order valence-corrected chi connectivity index (χ1v) is 8.97. The zero-order chi connectivity index (χ0) is 19.3. The summed E-state index contributed by atoms with van der Waals surface area (Å²) in [6, 6.07) is 11.3. The number of likely N-dealkylation sites (tertiary alicyclic amines) is 1. The number of benzene rings is 1. The van der Waals surface area contributed by atoms with Gasteiger partial charge in [-0.05, 0) is 50.0 Å². The SMILES string of the molecule is O=c1ccc(C(F)(F)F)nn1CC1CCN(CCOc2ccccc2)CC1. The third-order valence-electron chi connectivity index (χ3n) is 4.71. The molecule has 0 saturated carbocycles. The molecule has 2 heterocycles. The molecule has 0 atom stereocenters. The van der Waals surface area contributed by atoms with E-state index in [1.54, 1.807) is 0 Å². The molecule has 0 unspecified atom stereocenters. The lowest BCUT2D eigenvalue weighted by Crippen LogP contribution is -2.39. The van der Waals surface area contributed by atoms with E-state index >= 15 is 0 Å². The highest BCUT2D eigenvalue weighted by molar-refractivity contribution is 5.20. The summed E-state index contributed by atoms with van der Waals surface area (Å²) in [5.74, 6) is 0.979. The number of piperidine rings is 1. The van der Waals surface area contributed by atoms with E-state index in [9.17, 15) is 18.0 Å². The maximum absolute atomic E-state index is 12.8. The third-order valence-corrected chi connectivity index (χ3v) is 4.71. The normalized spacial score (nSPS) is 16.4. The van der Waals surface area contributed by atoms with E-state index in [0.29, 0.717) is 6.61 Å². The Morgan fingerprint density at radius 3 is 2.44 bits per heavy atom. The van der Waals surface area contributed by atoms with Gasteiger partial charge in [0.2, 0.25) is 0 Å². The van der Waals surface area contributed by atoms with Crippen molar-refractivity contribution in [2.45, 2.75) is 25.6 Å². The molecule has 0 bridgehead atoms. The van der Waals surface area contributed by atoms with Crippen LogP contribution in [0.4, 0.5) is 13.2 Å². The van der Waals surface area contributed by atoms with Crippen molar-refractivity contribution in [3.05, 3.63) is 58.5 Å². The Hall–Kier alpha value is -2.35. The van der Waals surface area contributed by atoms with E-state index in [0.717, 1.165) is 55.0 Å². The lowest BCUT2D eigenvalue weighted by Gasteiger charge is -2.31. The number of halogens is 3. The van der Waals surface area contributed by atoms with Crippen LogP contribution in [0.5, 0.6) is 5.75 Å². The lowest BCUT2D eigenvalue weighted by atomic mass is 9.97. The molecule has 1 aromatic heterocycles. The van der Waals surface area contributed by atoms with Crippen LogP contribution in [0.2, 0.25) is 0 Å². The van der Waals surface area contributed by atoms with Crippen LogP contribution in [-0.4, -0.2) is 40.9 Å². The zero-order valence-electron chi connectivity index (χ0n) is 14.9. The van der Waals surface area contributed by atoms with Crippen LogP contribution in [0.3, 0.4) is 0 Å². The van der Waals surface area contributed by atoms with E-state index in [4.69, 9.17) is 4.74 Å². The second-order valence-electron chi connectivity index (χ2n) is 6.68. The molecule has 8 heteroatoms. The first-order chi connectivity index (χ1) is 12.9. The summed E-state index contributed by atoms with van der Waals surface area (Å²) < 4.78 is 45.0. The van der Waals surface area contributed by atoms with Crippen LogP contribution in [0, 0.1) is 5.92 Å². The highest BCUT2D eigenvalue weighted by atomic mass is 19.4. The van der Waals surface area contributed by atoms with Gasteiger partial charge in [-0.25, -0.2) is 4.68 Å². The molecule has 0 spiro atoms. The van der Waals surface area contributed by atoms with Crippen molar-refractivity contribution in [2.75, 3.05) is 26.2 Å². The minimum atomic E-state index is -4.54. The van der Waals surface area contributed by atoms with E-state index < -0.39 is 17.4 Å². The average Bonchev–Trinajstić information content (AvgIpc) is 2.65. The lowest BCUT2D eigenvalue weighted by molar-refractivity contribution is -0.142. The number of ether oxygens (including phenoxy) is 1. The number of hydrogen-bond donors (Lipinski definition) is 0. The molecule has 1 saturated heterocycles. The third kappa shape index (κ3) is 5.56. The van der Waals surface area contributed by atoms with Crippen LogP contribution < -0.4 is 10.3 Å². The van der Waals surface area contributed by atoms with Crippen molar-refractivity contribution >= 4 is 0 Å². The standard InChI is InChI=1S/C19H22F3N3O2/c20-19(21,22)17-6-7-18(26)25(23-17)14-15-8-10-24(11-9-15)12-13-27-16-4-2-1-3-5-16/h1-7,15H,8-14H2. The quantitative estimate of drug-likeness (QED) is 0.772. The van der Waals surface area contributed by atoms with Crippen molar-refractivity contribution < 1.29 is 17.9 Å². The number of alkyl halides is 3. The number of para-hydroxylation sites is 1. The maximum atomic E-state index is 12.8. The van der Waals surface area contributed by atoms with Crippen LogP contribution in [-0.2, 0) is 12.7 Å². The molecule has 0 amide bonds. The summed E-state index contributed by atoms with van der Waals surface area (Å²) in [5, 5.41) is 3.49. The fraction of sp³-hybridized carbons (Fsp3) is 0.474. The molecule has 146 valence electrons. The molecule has 2 aromatic rings. The maximum Gasteiger partial charge on any atom is 0.435 e. The fourth-order valence-corrected chi connectivity index (χ4v) is 3.18. The Labute approximate surface area is 155 Å².